The summed E-state index contributed by atoms with van der Waals surface area (Å²) in [6.07, 6.45) is 8.46. The van der Waals surface area contributed by atoms with Crippen LogP contribution >= 0.6 is 0 Å². The fourth-order valence-corrected chi connectivity index (χ4v) is 4.32. The largest absolute Gasteiger partial charge is 0.383 e. The first-order chi connectivity index (χ1) is 12.2. The summed E-state index contributed by atoms with van der Waals surface area (Å²) in [7, 11) is 1.64. The standard InChI is InChI=1S/C19H27N3O3/c1-25-12-11-22-16-6-2-3-8-19(16,9-7-17(22)23)18(24)21-14-15-5-4-10-20-13-15/h4-5,10,13,16H,2-3,6-9,11-12,14H2,1H3,(H,21,24)/t16-,19-/m1/s1. The predicted molar refractivity (Wildman–Crippen MR) is 93.6 cm³/mol. The highest BCUT2D eigenvalue weighted by Gasteiger charge is 2.52. The van der Waals surface area contributed by atoms with Crippen molar-refractivity contribution < 1.29 is 14.3 Å². The van der Waals surface area contributed by atoms with Gasteiger partial charge in [-0.25, -0.2) is 0 Å². The van der Waals surface area contributed by atoms with Gasteiger partial charge in [0, 0.05) is 45.1 Å². The summed E-state index contributed by atoms with van der Waals surface area (Å²) in [4.78, 5) is 31.6. The predicted octanol–water partition coefficient (Wildman–Crippen LogP) is 1.90. The smallest absolute Gasteiger partial charge is 0.228 e. The lowest BCUT2D eigenvalue weighted by Gasteiger charge is -2.51. The lowest BCUT2D eigenvalue weighted by Crippen LogP contribution is -2.62. The Kier molecular flexibility index (Phi) is 5.68. The lowest BCUT2D eigenvalue weighted by atomic mass is 9.64. The topological polar surface area (TPSA) is 71.5 Å². The van der Waals surface area contributed by atoms with E-state index in [1.807, 2.05) is 17.0 Å². The van der Waals surface area contributed by atoms with Crippen molar-refractivity contribution in [3.8, 4) is 0 Å². The maximum Gasteiger partial charge on any atom is 0.228 e. The van der Waals surface area contributed by atoms with Gasteiger partial charge in [-0.2, -0.15) is 0 Å². The molecule has 136 valence electrons. The molecule has 0 spiro atoms. The first-order valence-electron chi connectivity index (χ1n) is 9.13. The summed E-state index contributed by atoms with van der Waals surface area (Å²) in [6.45, 7) is 1.56. The van der Waals surface area contributed by atoms with E-state index in [-0.39, 0.29) is 17.9 Å². The van der Waals surface area contributed by atoms with Crippen molar-refractivity contribution in [1.82, 2.24) is 15.2 Å². The highest BCUT2D eigenvalue weighted by atomic mass is 16.5. The molecule has 1 saturated carbocycles. The van der Waals surface area contributed by atoms with Gasteiger partial charge in [0.2, 0.25) is 11.8 Å². The zero-order chi connectivity index (χ0) is 17.7. The molecular weight excluding hydrogens is 318 g/mol. The Hall–Kier alpha value is -1.95. The van der Waals surface area contributed by atoms with Crippen molar-refractivity contribution in [2.75, 3.05) is 20.3 Å². The number of ether oxygens (including phenoxy) is 1. The van der Waals surface area contributed by atoms with Gasteiger partial charge in [0.05, 0.1) is 12.0 Å². The number of carbonyl (C=O) groups is 2. The number of fused-ring (bicyclic) bond motifs is 1. The first-order valence-corrected chi connectivity index (χ1v) is 9.13. The Morgan fingerprint density at radius 2 is 2.32 bits per heavy atom. The average molecular weight is 345 g/mol. The van der Waals surface area contributed by atoms with Crippen LogP contribution < -0.4 is 5.32 Å². The van der Waals surface area contributed by atoms with Crippen molar-refractivity contribution in [3.05, 3.63) is 30.1 Å². The van der Waals surface area contributed by atoms with Gasteiger partial charge in [-0.05, 0) is 30.9 Å². The molecule has 25 heavy (non-hydrogen) atoms. The zero-order valence-electron chi connectivity index (χ0n) is 14.9. The van der Waals surface area contributed by atoms with Crippen LogP contribution in [0.2, 0.25) is 0 Å². The van der Waals surface area contributed by atoms with Crippen LogP contribution in [-0.2, 0) is 20.9 Å². The molecule has 2 atom stereocenters. The summed E-state index contributed by atoms with van der Waals surface area (Å²) in [5.41, 5.74) is 0.532. The van der Waals surface area contributed by atoms with Gasteiger partial charge in [-0.15, -0.1) is 0 Å². The molecule has 0 unspecified atom stereocenters. The number of piperidine rings is 1. The Morgan fingerprint density at radius 3 is 3.08 bits per heavy atom. The van der Waals surface area contributed by atoms with Crippen molar-refractivity contribution in [2.24, 2.45) is 5.41 Å². The fourth-order valence-electron chi connectivity index (χ4n) is 4.32. The van der Waals surface area contributed by atoms with Crippen molar-refractivity contribution in [1.29, 1.82) is 0 Å². The van der Waals surface area contributed by atoms with Crippen LogP contribution in [0.1, 0.15) is 44.1 Å². The summed E-state index contributed by atoms with van der Waals surface area (Å²) in [5, 5.41) is 3.10. The van der Waals surface area contributed by atoms with E-state index >= 15 is 0 Å². The molecule has 1 aromatic rings. The van der Waals surface area contributed by atoms with Gasteiger partial charge < -0.3 is 15.0 Å². The second-order valence-electron chi connectivity index (χ2n) is 7.04. The highest BCUT2D eigenvalue weighted by molar-refractivity contribution is 5.88. The minimum Gasteiger partial charge on any atom is -0.383 e. The van der Waals surface area contributed by atoms with Crippen LogP contribution in [0.5, 0.6) is 0 Å². The molecule has 1 saturated heterocycles. The molecule has 2 fully saturated rings. The van der Waals surface area contributed by atoms with E-state index in [4.69, 9.17) is 4.74 Å². The number of nitrogens with zero attached hydrogens (tertiary/aromatic N) is 2. The molecule has 1 N–H and O–H groups in total. The molecule has 2 heterocycles. The van der Waals surface area contributed by atoms with Crippen molar-refractivity contribution >= 4 is 11.8 Å². The normalized spacial score (nSPS) is 26.2. The van der Waals surface area contributed by atoms with Crippen LogP contribution in [0.3, 0.4) is 0 Å². The fraction of sp³-hybridized carbons (Fsp3) is 0.632. The van der Waals surface area contributed by atoms with Crippen molar-refractivity contribution in [3.63, 3.8) is 0 Å². The molecule has 0 radical (unpaired) electrons. The second-order valence-corrected chi connectivity index (χ2v) is 7.04. The number of rotatable bonds is 6. The van der Waals surface area contributed by atoms with Gasteiger partial charge in [-0.1, -0.05) is 18.9 Å². The maximum absolute atomic E-state index is 13.2. The molecule has 1 aromatic heterocycles. The Balaban J connectivity index is 1.75. The zero-order valence-corrected chi connectivity index (χ0v) is 14.9. The molecule has 3 rings (SSSR count). The lowest BCUT2D eigenvalue weighted by molar-refractivity contribution is -0.156. The minimum absolute atomic E-state index is 0.00783. The van der Waals surface area contributed by atoms with Crippen LogP contribution in [0.25, 0.3) is 0 Å². The molecule has 2 aliphatic rings. The van der Waals surface area contributed by atoms with Crippen molar-refractivity contribution in [2.45, 2.75) is 51.1 Å². The summed E-state index contributed by atoms with van der Waals surface area (Å²) in [6, 6.07) is 3.82. The molecule has 6 heteroatoms. The Bertz CT molecular complexity index is 607. The SMILES string of the molecule is COCCN1C(=O)CC[C@]2(C(=O)NCc3cccnc3)CCCC[C@@H]12. The third kappa shape index (κ3) is 3.68. The van der Waals surface area contributed by atoms with E-state index < -0.39 is 5.41 Å². The number of hydrogen-bond donors (Lipinski definition) is 1. The Morgan fingerprint density at radius 1 is 1.44 bits per heavy atom. The number of likely N-dealkylation sites (tertiary alicyclic amines) is 1. The van der Waals surface area contributed by atoms with E-state index in [1.165, 1.54) is 0 Å². The summed E-state index contributed by atoms with van der Waals surface area (Å²) >= 11 is 0. The quantitative estimate of drug-likeness (QED) is 0.855. The highest BCUT2D eigenvalue weighted by Crippen LogP contribution is 2.46. The number of carbonyl (C=O) groups excluding carboxylic acids is 2. The van der Waals surface area contributed by atoms with Crippen LogP contribution in [0.4, 0.5) is 0 Å². The molecule has 2 amide bonds. The number of amides is 2. The molecule has 1 aliphatic carbocycles. The van der Waals surface area contributed by atoms with Gasteiger partial charge in [0.25, 0.3) is 0 Å². The molecule has 0 aromatic carbocycles. The molecule has 6 nitrogen and oxygen atoms in total. The molecular formula is C19H27N3O3. The average Bonchev–Trinajstić information content (AvgIpc) is 2.66. The summed E-state index contributed by atoms with van der Waals surface area (Å²) < 4.78 is 5.17. The van der Waals surface area contributed by atoms with Gasteiger partial charge >= 0.3 is 0 Å². The molecule has 1 aliphatic heterocycles. The molecule has 0 bridgehead atoms. The van der Waals surface area contributed by atoms with E-state index in [1.54, 1.807) is 19.5 Å². The monoisotopic (exact) mass is 345 g/mol. The second kappa shape index (κ2) is 7.95. The first kappa shape index (κ1) is 17.9. The van der Waals surface area contributed by atoms with Gasteiger partial charge in [0.15, 0.2) is 0 Å². The van der Waals surface area contributed by atoms with E-state index in [0.717, 1.165) is 31.2 Å². The summed E-state index contributed by atoms with van der Waals surface area (Å²) in [5.74, 6) is 0.232. The minimum atomic E-state index is -0.456. The number of pyridine rings is 1. The van der Waals surface area contributed by atoms with E-state index in [2.05, 4.69) is 10.3 Å². The number of aromatic nitrogens is 1. The van der Waals surface area contributed by atoms with Gasteiger partial charge in [-0.3, -0.25) is 14.6 Å². The number of nitrogens with one attached hydrogen (secondary N) is 1. The number of hydrogen-bond acceptors (Lipinski definition) is 4. The van der Waals surface area contributed by atoms with Crippen LogP contribution in [-0.4, -0.2) is 48.0 Å². The third-order valence-corrected chi connectivity index (χ3v) is 5.63. The Labute approximate surface area is 148 Å². The third-order valence-electron chi connectivity index (χ3n) is 5.63. The van der Waals surface area contributed by atoms with Crippen LogP contribution in [0, 0.1) is 5.41 Å². The number of methoxy groups -OCH3 is 1. The van der Waals surface area contributed by atoms with Crippen LogP contribution in [0.15, 0.2) is 24.5 Å². The van der Waals surface area contributed by atoms with E-state index in [9.17, 15) is 9.59 Å². The maximum atomic E-state index is 13.2. The van der Waals surface area contributed by atoms with E-state index in [0.29, 0.717) is 32.5 Å². The van der Waals surface area contributed by atoms with Gasteiger partial charge in [0.1, 0.15) is 0 Å².